The minimum absolute atomic E-state index is 0.197. The number of rotatable bonds is 5. The molecule has 0 fully saturated rings. The number of hydrogen-bond acceptors (Lipinski definition) is 7. The van der Waals surface area contributed by atoms with E-state index in [1.165, 1.54) is 46.3 Å². The van der Waals surface area contributed by atoms with E-state index in [1.54, 1.807) is 30.1 Å². The molecule has 188 valence electrons. The van der Waals surface area contributed by atoms with Crippen LogP contribution in [-0.2, 0) is 16.5 Å². The van der Waals surface area contributed by atoms with Crippen molar-refractivity contribution in [2.24, 2.45) is 7.05 Å². The van der Waals surface area contributed by atoms with Crippen LogP contribution < -0.4 is 11.5 Å². The molecule has 0 saturated carbocycles. The van der Waals surface area contributed by atoms with Crippen molar-refractivity contribution in [2.75, 3.05) is 25.7 Å². The summed E-state index contributed by atoms with van der Waals surface area (Å²) in [7, 11) is 4.30. The van der Waals surface area contributed by atoms with E-state index >= 15 is 0 Å². The summed E-state index contributed by atoms with van der Waals surface area (Å²) in [5.74, 6) is -1.06. The second-order valence-electron chi connectivity index (χ2n) is 7.54. The molecule has 0 radical (unpaired) electrons. The number of aromatic nitrogens is 2. The Kier molecular flexibility index (Phi) is 9.57. The number of aryl methyl sites for hydroxylation is 1. The Morgan fingerprint density at radius 2 is 1.43 bits per heavy atom. The topological polar surface area (TPSA) is 122 Å². The molecule has 0 saturated heterocycles. The third-order valence-electron chi connectivity index (χ3n) is 5.16. The van der Waals surface area contributed by atoms with Gasteiger partial charge in [0, 0.05) is 39.3 Å². The van der Waals surface area contributed by atoms with Crippen LogP contribution in [0.1, 0.15) is 58.0 Å². The molecule has 2 aromatic carbocycles. The van der Waals surface area contributed by atoms with Gasteiger partial charge in [-0.1, -0.05) is 0 Å². The zero-order valence-corrected chi connectivity index (χ0v) is 22.1. The lowest BCUT2D eigenvalue weighted by Gasteiger charge is -2.14. The van der Waals surface area contributed by atoms with Crippen molar-refractivity contribution in [3.63, 3.8) is 0 Å². The number of benzene rings is 2. The number of methoxy groups -OCH3 is 2. The normalized spacial score (nSPS) is 12.2. The molecule has 8 nitrogen and oxygen atoms in total. The highest BCUT2D eigenvalue weighted by atomic mass is 127. The van der Waals surface area contributed by atoms with Gasteiger partial charge in [-0.15, -0.1) is 0 Å². The summed E-state index contributed by atoms with van der Waals surface area (Å²) >= 11 is 1.96. The van der Waals surface area contributed by atoms with Crippen LogP contribution in [0.25, 0.3) is 11.3 Å². The quantitative estimate of drug-likeness (QED) is 0.235. The van der Waals surface area contributed by atoms with E-state index in [9.17, 15) is 18.4 Å². The van der Waals surface area contributed by atoms with Gasteiger partial charge in [0.25, 0.3) is 0 Å². The maximum atomic E-state index is 13.8. The maximum Gasteiger partial charge on any atom is 0.339 e. The number of nitrogen functional groups attached to an aromatic ring is 2. The molecule has 3 rings (SSSR count). The van der Waals surface area contributed by atoms with Crippen LogP contribution in [0.2, 0.25) is 0 Å². The van der Waals surface area contributed by atoms with Gasteiger partial charge in [0.2, 0.25) is 0 Å². The van der Waals surface area contributed by atoms with Gasteiger partial charge in [-0.3, -0.25) is 4.68 Å². The van der Waals surface area contributed by atoms with E-state index in [0.717, 1.165) is 0 Å². The van der Waals surface area contributed by atoms with Crippen molar-refractivity contribution in [1.82, 2.24) is 9.78 Å². The molecule has 2 unspecified atom stereocenters. The van der Waals surface area contributed by atoms with Gasteiger partial charge in [0.15, 0.2) is 0 Å². The van der Waals surface area contributed by atoms with E-state index < -0.39 is 24.3 Å². The predicted molar refractivity (Wildman–Crippen MR) is 138 cm³/mol. The second kappa shape index (κ2) is 12.0. The van der Waals surface area contributed by atoms with Gasteiger partial charge in [0.1, 0.15) is 12.3 Å². The smallest absolute Gasteiger partial charge is 0.339 e. The standard InChI is InChI=1S/C14H16FN3O2.C10H11FINO2/c1-8(15)9-7-12(16)11(14(19)20-3)6-10(9)13-4-5-17-18(13)2;1-5(11)6-4-9(13)7(3-8(6)12)10(14)15-2/h4-8H,16H2,1-3H3;3-5H,13H2,1-2H3. The number of alkyl halides is 2. The van der Waals surface area contributed by atoms with Crippen LogP contribution in [-0.4, -0.2) is 35.9 Å². The molecule has 2 atom stereocenters. The molecule has 0 amide bonds. The van der Waals surface area contributed by atoms with Crippen molar-refractivity contribution < 1.29 is 27.8 Å². The van der Waals surface area contributed by atoms with Crippen LogP contribution in [0.3, 0.4) is 0 Å². The summed E-state index contributed by atoms with van der Waals surface area (Å²) in [6.07, 6.45) is -0.712. The molecular weight excluding hydrogens is 573 g/mol. The Labute approximate surface area is 215 Å². The van der Waals surface area contributed by atoms with Crippen molar-refractivity contribution in [1.29, 1.82) is 0 Å². The third kappa shape index (κ3) is 6.47. The van der Waals surface area contributed by atoms with Crippen LogP contribution in [0.15, 0.2) is 36.5 Å². The third-order valence-corrected chi connectivity index (χ3v) is 6.09. The fourth-order valence-corrected chi connectivity index (χ4v) is 4.21. The highest BCUT2D eigenvalue weighted by molar-refractivity contribution is 14.1. The van der Waals surface area contributed by atoms with Crippen LogP contribution in [0.4, 0.5) is 20.2 Å². The summed E-state index contributed by atoms with van der Waals surface area (Å²) in [5, 5.41) is 4.06. The van der Waals surface area contributed by atoms with Gasteiger partial charge < -0.3 is 20.9 Å². The number of carbonyl (C=O) groups excluding carboxylic acids is 2. The molecule has 3 aromatic rings. The first kappa shape index (κ1) is 28.0. The largest absolute Gasteiger partial charge is 0.465 e. The van der Waals surface area contributed by atoms with Gasteiger partial charge in [-0.25, -0.2) is 18.4 Å². The van der Waals surface area contributed by atoms with Gasteiger partial charge in [0.05, 0.1) is 31.0 Å². The number of anilines is 2. The van der Waals surface area contributed by atoms with Crippen LogP contribution >= 0.6 is 22.6 Å². The SMILES string of the molecule is COC(=O)c1cc(-c2ccnn2C)c(C(C)F)cc1N.COC(=O)c1cc(I)c(C(C)F)cc1N. The minimum atomic E-state index is -1.21. The first-order valence-electron chi connectivity index (χ1n) is 10.4. The van der Waals surface area contributed by atoms with Crippen molar-refractivity contribution in [2.45, 2.75) is 26.2 Å². The van der Waals surface area contributed by atoms with Crippen molar-refractivity contribution >= 4 is 45.9 Å². The number of hydrogen-bond donors (Lipinski definition) is 2. The highest BCUT2D eigenvalue weighted by Crippen LogP contribution is 2.34. The van der Waals surface area contributed by atoms with Gasteiger partial charge >= 0.3 is 11.9 Å². The van der Waals surface area contributed by atoms with E-state index in [0.29, 0.717) is 26.0 Å². The fourth-order valence-electron chi connectivity index (χ4n) is 3.31. The van der Waals surface area contributed by atoms with Crippen molar-refractivity contribution in [3.05, 3.63) is 62.4 Å². The first-order chi connectivity index (χ1) is 16.4. The summed E-state index contributed by atoms with van der Waals surface area (Å²) in [6.45, 7) is 2.85. The Morgan fingerprint density at radius 1 is 0.943 bits per heavy atom. The van der Waals surface area contributed by atoms with E-state index in [4.69, 9.17) is 11.5 Å². The Balaban J connectivity index is 0.000000258. The average molecular weight is 600 g/mol. The number of ether oxygens (including phenoxy) is 2. The lowest BCUT2D eigenvalue weighted by atomic mass is 9.97. The Bertz CT molecular complexity index is 1230. The van der Waals surface area contributed by atoms with E-state index in [2.05, 4.69) is 14.6 Å². The molecule has 1 aromatic heterocycles. The van der Waals surface area contributed by atoms with Gasteiger partial charge in [-0.05, 0) is 72.3 Å². The Hall–Kier alpha value is -3.22. The fraction of sp³-hybridized carbons (Fsp3) is 0.292. The Morgan fingerprint density at radius 3 is 1.86 bits per heavy atom. The zero-order chi connectivity index (χ0) is 26.4. The molecule has 4 N–H and O–H groups in total. The summed E-state index contributed by atoms with van der Waals surface area (Å²) in [5.41, 5.74) is 14.5. The van der Waals surface area contributed by atoms with Gasteiger partial charge in [-0.2, -0.15) is 5.10 Å². The second-order valence-corrected chi connectivity index (χ2v) is 8.71. The molecular formula is C24H27F2IN4O4. The molecule has 11 heteroatoms. The van der Waals surface area contributed by atoms with E-state index in [1.807, 2.05) is 22.6 Å². The number of carbonyl (C=O) groups is 2. The average Bonchev–Trinajstić information content (AvgIpc) is 3.24. The summed E-state index contributed by atoms with van der Waals surface area (Å²) in [4.78, 5) is 23.0. The number of nitrogens with zero attached hydrogens (tertiary/aromatic N) is 2. The number of nitrogens with two attached hydrogens (primary N) is 2. The van der Waals surface area contributed by atoms with Crippen LogP contribution in [0, 0.1) is 3.57 Å². The summed E-state index contributed by atoms with van der Waals surface area (Å²) in [6, 6.07) is 7.77. The zero-order valence-electron chi connectivity index (χ0n) is 19.9. The lowest BCUT2D eigenvalue weighted by molar-refractivity contribution is 0.0593. The van der Waals surface area contributed by atoms with Crippen LogP contribution in [0.5, 0.6) is 0 Å². The molecule has 0 spiro atoms. The first-order valence-corrected chi connectivity index (χ1v) is 11.5. The maximum absolute atomic E-state index is 13.8. The van der Waals surface area contributed by atoms with Crippen molar-refractivity contribution in [3.8, 4) is 11.3 Å². The molecule has 35 heavy (non-hydrogen) atoms. The number of halogens is 3. The molecule has 0 aliphatic rings. The molecule has 1 heterocycles. The molecule has 0 aliphatic heterocycles. The predicted octanol–water partition coefficient (Wildman–Crippen LogP) is 5.18. The van der Waals surface area contributed by atoms with E-state index in [-0.39, 0.29) is 22.5 Å². The highest BCUT2D eigenvalue weighted by Gasteiger charge is 2.20. The number of esters is 2. The summed E-state index contributed by atoms with van der Waals surface area (Å²) < 4.78 is 38.4. The monoisotopic (exact) mass is 600 g/mol. The lowest BCUT2D eigenvalue weighted by Crippen LogP contribution is -2.08. The molecule has 0 bridgehead atoms. The minimum Gasteiger partial charge on any atom is -0.465 e. The molecule has 0 aliphatic carbocycles.